The van der Waals surface area contributed by atoms with E-state index in [1.54, 1.807) is 6.20 Å². The molecule has 152 valence electrons. The topological polar surface area (TPSA) is 64.9 Å². The van der Waals surface area contributed by atoms with E-state index in [2.05, 4.69) is 26.2 Å². The van der Waals surface area contributed by atoms with Crippen LogP contribution in [0.4, 0.5) is 5.69 Å². The second-order valence-electron chi connectivity index (χ2n) is 6.55. The van der Waals surface area contributed by atoms with Crippen LogP contribution in [0.2, 0.25) is 0 Å². The maximum atomic E-state index is 12.3. The molecule has 2 aromatic heterocycles. The lowest BCUT2D eigenvalue weighted by Gasteiger charge is -2.10. The lowest BCUT2D eigenvalue weighted by Crippen LogP contribution is -2.16. The summed E-state index contributed by atoms with van der Waals surface area (Å²) < 4.78 is 13.6. The normalized spacial score (nSPS) is 10.7. The van der Waals surface area contributed by atoms with Crippen molar-refractivity contribution >= 4 is 27.3 Å². The fourth-order valence-electron chi connectivity index (χ4n) is 2.96. The van der Waals surface area contributed by atoms with Gasteiger partial charge >= 0.3 is 0 Å². The summed E-state index contributed by atoms with van der Waals surface area (Å²) in [6.07, 6.45) is 1.71. The number of nitrogens with zero attached hydrogens (tertiary/aromatic N) is 2. The van der Waals surface area contributed by atoms with Gasteiger partial charge in [-0.25, -0.2) is 4.98 Å². The molecule has 0 saturated heterocycles. The molecule has 0 atom stereocenters. The number of anilines is 1. The Kier molecular flexibility index (Phi) is 5.99. The largest absolute Gasteiger partial charge is 0.494 e. The number of hydrogen-bond acceptors (Lipinski definition) is 5. The number of ether oxygens (including phenoxy) is 2. The minimum atomic E-state index is -0.114. The number of benzene rings is 2. The van der Waals surface area contributed by atoms with Crippen molar-refractivity contribution in [3.05, 3.63) is 93.4 Å². The van der Waals surface area contributed by atoms with Gasteiger partial charge in [-0.05, 0) is 83.5 Å². The van der Waals surface area contributed by atoms with E-state index in [0.717, 1.165) is 27.4 Å². The molecule has 1 N–H and O–H groups in total. The third-order valence-corrected chi connectivity index (χ3v) is 4.84. The first kappa shape index (κ1) is 20.0. The number of fused-ring (bicyclic) bond motifs is 1. The van der Waals surface area contributed by atoms with Crippen molar-refractivity contribution in [3.63, 3.8) is 0 Å². The van der Waals surface area contributed by atoms with Crippen LogP contribution in [0.15, 0.2) is 82.2 Å². The molecule has 4 aromatic rings. The molecule has 4 rings (SSSR count). The first-order chi connectivity index (χ1) is 14.6. The summed E-state index contributed by atoms with van der Waals surface area (Å²) >= 11 is 3.37. The Morgan fingerprint density at radius 1 is 0.967 bits per heavy atom. The summed E-state index contributed by atoms with van der Waals surface area (Å²) in [5.41, 5.74) is 2.09. The molecule has 2 aromatic carbocycles. The van der Waals surface area contributed by atoms with Crippen LogP contribution in [0.1, 0.15) is 12.6 Å². The van der Waals surface area contributed by atoms with E-state index in [9.17, 15) is 4.79 Å². The number of hydrogen-bond donors (Lipinski definition) is 1. The summed E-state index contributed by atoms with van der Waals surface area (Å²) in [7, 11) is 0. The summed E-state index contributed by atoms with van der Waals surface area (Å²) in [6, 6.07) is 20.3. The molecule has 7 heteroatoms. The van der Waals surface area contributed by atoms with Crippen molar-refractivity contribution in [2.75, 3.05) is 11.9 Å². The molecular weight excluding hydrogens is 446 g/mol. The van der Waals surface area contributed by atoms with E-state index in [1.165, 1.54) is 10.5 Å². The van der Waals surface area contributed by atoms with Gasteiger partial charge in [-0.15, -0.1) is 0 Å². The quantitative estimate of drug-likeness (QED) is 0.403. The highest BCUT2D eigenvalue weighted by Gasteiger charge is 2.04. The second kappa shape index (κ2) is 9.00. The van der Waals surface area contributed by atoms with E-state index in [4.69, 9.17) is 9.47 Å². The molecule has 0 aliphatic heterocycles. The number of aromatic nitrogens is 2. The fraction of sp³-hybridized carbons (Fsp3) is 0.130. The predicted octanol–water partition coefficient (Wildman–Crippen LogP) is 5.26. The van der Waals surface area contributed by atoms with Crippen LogP contribution in [-0.4, -0.2) is 16.0 Å². The lowest BCUT2D eigenvalue weighted by atomic mass is 10.3. The van der Waals surface area contributed by atoms with Crippen LogP contribution in [-0.2, 0) is 6.54 Å². The molecule has 0 aliphatic rings. The molecule has 0 amide bonds. The Hall–Kier alpha value is -3.32. The molecule has 0 spiro atoms. The highest BCUT2D eigenvalue weighted by Crippen LogP contribution is 2.25. The molecule has 0 radical (unpaired) electrons. The van der Waals surface area contributed by atoms with Gasteiger partial charge in [0.2, 0.25) is 0 Å². The van der Waals surface area contributed by atoms with E-state index in [0.29, 0.717) is 24.5 Å². The Morgan fingerprint density at radius 2 is 1.63 bits per heavy atom. The number of halogens is 1. The first-order valence-electron chi connectivity index (χ1n) is 9.53. The Bertz CT molecular complexity index is 1210. The van der Waals surface area contributed by atoms with Crippen molar-refractivity contribution in [1.82, 2.24) is 9.38 Å². The van der Waals surface area contributed by atoms with Gasteiger partial charge in [-0.1, -0.05) is 0 Å². The summed E-state index contributed by atoms with van der Waals surface area (Å²) in [5.74, 6) is 2.29. The van der Waals surface area contributed by atoms with Crippen molar-refractivity contribution in [2.24, 2.45) is 0 Å². The van der Waals surface area contributed by atoms with Gasteiger partial charge in [0.05, 0.1) is 18.8 Å². The highest BCUT2D eigenvalue weighted by molar-refractivity contribution is 9.10. The molecule has 30 heavy (non-hydrogen) atoms. The second-order valence-corrected chi connectivity index (χ2v) is 7.46. The molecule has 6 nitrogen and oxygen atoms in total. The molecule has 0 unspecified atom stereocenters. The standard InChI is InChI=1S/C23H20BrN3O3/c1-2-29-19-8-10-21(11-9-19)30-20-6-4-17(5-7-20)25-14-18-13-23(28)27-15-16(24)3-12-22(27)26-18/h3-13,15,25H,2,14H2,1H3. The number of nitrogens with one attached hydrogen (secondary N) is 1. The minimum Gasteiger partial charge on any atom is -0.494 e. The molecule has 0 fully saturated rings. The third kappa shape index (κ3) is 4.80. The molecule has 0 aliphatic carbocycles. The molecule has 0 saturated carbocycles. The summed E-state index contributed by atoms with van der Waals surface area (Å²) in [5, 5.41) is 3.28. The van der Waals surface area contributed by atoms with Gasteiger partial charge in [0.25, 0.3) is 5.56 Å². The van der Waals surface area contributed by atoms with E-state index < -0.39 is 0 Å². The van der Waals surface area contributed by atoms with Crippen LogP contribution in [0.3, 0.4) is 0 Å². The Morgan fingerprint density at radius 3 is 2.33 bits per heavy atom. The maximum absolute atomic E-state index is 12.3. The van der Waals surface area contributed by atoms with Crippen molar-refractivity contribution in [3.8, 4) is 17.2 Å². The van der Waals surface area contributed by atoms with E-state index in [1.807, 2.05) is 67.6 Å². The summed E-state index contributed by atoms with van der Waals surface area (Å²) in [6.45, 7) is 3.03. The minimum absolute atomic E-state index is 0.114. The van der Waals surface area contributed by atoms with Gasteiger partial charge < -0.3 is 14.8 Å². The summed E-state index contributed by atoms with van der Waals surface area (Å²) in [4.78, 5) is 16.8. The Labute approximate surface area is 182 Å². The smallest absolute Gasteiger partial charge is 0.258 e. The van der Waals surface area contributed by atoms with E-state index in [-0.39, 0.29) is 5.56 Å². The number of pyridine rings is 1. The molecular formula is C23H20BrN3O3. The zero-order valence-electron chi connectivity index (χ0n) is 16.3. The first-order valence-corrected chi connectivity index (χ1v) is 10.3. The molecule has 2 heterocycles. The monoisotopic (exact) mass is 465 g/mol. The average Bonchev–Trinajstić information content (AvgIpc) is 2.75. The van der Waals surface area contributed by atoms with Gasteiger partial charge in [0, 0.05) is 22.4 Å². The van der Waals surface area contributed by atoms with Gasteiger partial charge in [-0.3, -0.25) is 9.20 Å². The lowest BCUT2D eigenvalue weighted by molar-refractivity contribution is 0.339. The van der Waals surface area contributed by atoms with Crippen LogP contribution >= 0.6 is 15.9 Å². The zero-order valence-corrected chi connectivity index (χ0v) is 17.9. The highest BCUT2D eigenvalue weighted by atomic mass is 79.9. The molecule has 0 bridgehead atoms. The fourth-order valence-corrected chi connectivity index (χ4v) is 3.29. The van der Waals surface area contributed by atoms with Crippen LogP contribution in [0.5, 0.6) is 17.2 Å². The van der Waals surface area contributed by atoms with E-state index >= 15 is 0 Å². The zero-order chi connectivity index (χ0) is 20.9. The van der Waals surface area contributed by atoms with Crippen molar-refractivity contribution < 1.29 is 9.47 Å². The maximum Gasteiger partial charge on any atom is 0.258 e. The van der Waals surface area contributed by atoms with Crippen molar-refractivity contribution in [2.45, 2.75) is 13.5 Å². The number of rotatable bonds is 7. The van der Waals surface area contributed by atoms with Crippen LogP contribution in [0, 0.1) is 0 Å². The van der Waals surface area contributed by atoms with Crippen LogP contribution < -0.4 is 20.3 Å². The Balaban J connectivity index is 1.39. The SMILES string of the molecule is CCOc1ccc(Oc2ccc(NCc3cc(=O)n4cc(Br)ccc4n3)cc2)cc1. The van der Waals surface area contributed by atoms with Crippen molar-refractivity contribution in [1.29, 1.82) is 0 Å². The average molecular weight is 466 g/mol. The van der Waals surface area contributed by atoms with Crippen LogP contribution in [0.25, 0.3) is 5.65 Å². The van der Waals surface area contributed by atoms with Gasteiger partial charge in [-0.2, -0.15) is 0 Å². The van der Waals surface area contributed by atoms with Gasteiger partial charge in [0.1, 0.15) is 22.9 Å². The predicted molar refractivity (Wildman–Crippen MR) is 121 cm³/mol. The third-order valence-electron chi connectivity index (χ3n) is 4.37. The van der Waals surface area contributed by atoms with Gasteiger partial charge in [0.15, 0.2) is 0 Å².